The Morgan fingerprint density at radius 2 is 1.97 bits per heavy atom. The zero-order chi connectivity index (χ0) is 26.2. The van der Waals surface area contributed by atoms with Crippen molar-refractivity contribution in [3.05, 3.63) is 64.9 Å². The Balaban J connectivity index is 1.60. The molecule has 36 heavy (non-hydrogen) atoms. The van der Waals surface area contributed by atoms with Gasteiger partial charge in [0, 0.05) is 32.3 Å². The third kappa shape index (κ3) is 5.31. The second-order valence-corrected chi connectivity index (χ2v) is 10.4. The molecule has 0 spiro atoms. The van der Waals surface area contributed by atoms with Crippen molar-refractivity contribution < 1.29 is 26.8 Å². The Morgan fingerprint density at radius 1 is 1.25 bits per heavy atom. The average Bonchev–Trinajstić information content (AvgIpc) is 3.67. The van der Waals surface area contributed by atoms with E-state index in [4.69, 9.17) is 5.73 Å². The molecule has 2 aliphatic rings. The highest BCUT2D eigenvalue weighted by atomic mass is 32.2. The molecular formula is C23H26F2N6O4S. The number of carbonyl (C=O) groups is 2. The van der Waals surface area contributed by atoms with Gasteiger partial charge in [-0.15, -0.1) is 0 Å². The minimum atomic E-state index is -4.02. The lowest BCUT2D eigenvalue weighted by Crippen LogP contribution is -2.53. The number of aromatic nitrogens is 1. The zero-order valence-electron chi connectivity index (χ0n) is 19.6. The van der Waals surface area contributed by atoms with Crippen LogP contribution in [0.5, 0.6) is 0 Å². The molecule has 13 heteroatoms. The van der Waals surface area contributed by atoms with Crippen molar-refractivity contribution in [1.82, 2.24) is 14.6 Å². The number of benzene rings is 1. The number of likely N-dealkylation sites (N-methyl/N-ethyl adjacent to an activating group) is 1. The van der Waals surface area contributed by atoms with Crippen LogP contribution in [0, 0.1) is 17.6 Å². The van der Waals surface area contributed by atoms with Gasteiger partial charge in [-0.25, -0.2) is 18.5 Å². The molecule has 192 valence electrons. The molecule has 4 rings (SSSR count). The van der Waals surface area contributed by atoms with Crippen molar-refractivity contribution >= 4 is 33.5 Å². The zero-order valence-corrected chi connectivity index (χ0v) is 20.4. The average molecular weight is 521 g/mol. The maximum atomic E-state index is 15.0. The van der Waals surface area contributed by atoms with E-state index in [-0.39, 0.29) is 23.2 Å². The lowest BCUT2D eigenvalue weighted by Gasteiger charge is -2.37. The number of hydrogen-bond acceptors (Lipinski definition) is 6. The van der Waals surface area contributed by atoms with Crippen LogP contribution in [0.1, 0.15) is 29.9 Å². The van der Waals surface area contributed by atoms with E-state index in [0.29, 0.717) is 5.92 Å². The van der Waals surface area contributed by atoms with Crippen LogP contribution in [0.15, 0.2) is 42.1 Å². The van der Waals surface area contributed by atoms with Gasteiger partial charge in [0.15, 0.2) is 11.6 Å². The SMILES string of the molecule is CNS(=O)(=O)Nc1nccc(CC2=CC(C(N)=O)C(Nc3ccc(C4CC4)cc3F)N(C)C2=O)c1F. The molecule has 1 aliphatic heterocycles. The van der Waals surface area contributed by atoms with E-state index >= 15 is 0 Å². The predicted octanol–water partition coefficient (Wildman–Crippen LogP) is 1.59. The summed E-state index contributed by atoms with van der Waals surface area (Å²) >= 11 is 0. The van der Waals surface area contributed by atoms with Crippen molar-refractivity contribution in [3.63, 3.8) is 0 Å². The Hall–Kier alpha value is -3.58. The number of amides is 2. The van der Waals surface area contributed by atoms with Crippen molar-refractivity contribution in [2.24, 2.45) is 11.7 Å². The van der Waals surface area contributed by atoms with Gasteiger partial charge in [-0.2, -0.15) is 8.42 Å². The fourth-order valence-electron chi connectivity index (χ4n) is 4.08. The second kappa shape index (κ2) is 9.82. The molecule has 1 aromatic carbocycles. The van der Waals surface area contributed by atoms with Gasteiger partial charge in [0.2, 0.25) is 5.91 Å². The molecule has 1 fully saturated rings. The normalized spacial score (nSPS) is 20.2. The molecule has 2 amide bonds. The summed E-state index contributed by atoms with van der Waals surface area (Å²) in [5, 5.41) is 2.90. The van der Waals surface area contributed by atoms with Gasteiger partial charge in [0.25, 0.3) is 16.1 Å². The van der Waals surface area contributed by atoms with Crippen molar-refractivity contribution in [3.8, 4) is 0 Å². The van der Waals surface area contributed by atoms with Gasteiger partial charge in [-0.05, 0) is 48.1 Å². The number of anilines is 2. The van der Waals surface area contributed by atoms with E-state index in [1.807, 2.05) is 9.44 Å². The first-order chi connectivity index (χ1) is 17.0. The second-order valence-electron chi connectivity index (χ2n) is 8.76. The minimum absolute atomic E-state index is 0.0249. The fraction of sp³-hybridized carbons (Fsp3) is 0.348. The molecule has 2 aromatic rings. The maximum Gasteiger partial charge on any atom is 0.300 e. The smallest absolute Gasteiger partial charge is 0.300 e. The third-order valence-corrected chi connectivity index (χ3v) is 7.26. The minimum Gasteiger partial charge on any atom is -0.369 e. The van der Waals surface area contributed by atoms with Crippen molar-refractivity contribution in [1.29, 1.82) is 0 Å². The quantitative estimate of drug-likeness (QED) is 0.395. The van der Waals surface area contributed by atoms with E-state index in [1.165, 1.54) is 36.4 Å². The van der Waals surface area contributed by atoms with Crippen LogP contribution < -0.4 is 20.5 Å². The summed E-state index contributed by atoms with van der Waals surface area (Å²) in [7, 11) is -1.45. The number of carbonyl (C=O) groups excluding carboxylic acids is 2. The van der Waals surface area contributed by atoms with Crippen LogP contribution in [0.25, 0.3) is 0 Å². The third-order valence-electron chi connectivity index (χ3n) is 6.26. The Morgan fingerprint density at radius 3 is 2.58 bits per heavy atom. The van der Waals surface area contributed by atoms with Crippen LogP contribution in [0.2, 0.25) is 0 Å². The molecule has 2 unspecified atom stereocenters. The van der Waals surface area contributed by atoms with E-state index in [1.54, 1.807) is 12.1 Å². The van der Waals surface area contributed by atoms with Crippen LogP contribution in [0.3, 0.4) is 0 Å². The number of pyridine rings is 1. The molecule has 1 aliphatic carbocycles. The van der Waals surface area contributed by atoms with Crippen LogP contribution in [-0.2, 0) is 26.2 Å². The molecule has 10 nitrogen and oxygen atoms in total. The standard InChI is InChI=1S/C23H26F2N6O4S/c1-27-36(34,35)30-21-19(25)14(7-8-28-21)9-15-10-16(20(26)32)22(31(2)23(15)33)29-18-6-5-13(11-17(18)24)12-3-4-12/h5-8,10-12,16,22,27,29H,3-4,9H2,1-2H3,(H2,26,32)(H,28,30). The number of hydrogen-bond donors (Lipinski definition) is 4. The number of rotatable bonds is 9. The molecule has 1 aromatic heterocycles. The number of nitrogens with two attached hydrogens (primary N) is 1. The first-order valence-electron chi connectivity index (χ1n) is 11.2. The van der Waals surface area contributed by atoms with Gasteiger partial charge in [0.1, 0.15) is 12.0 Å². The molecule has 2 heterocycles. The summed E-state index contributed by atoms with van der Waals surface area (Å²) in [6.45, 7) is 0. The number of halogens is 2. The molecular weight excluding hydrogens is 494 g/mol. The summed E-state index contributed by atoms with van der Waals surface area (Å²) in [6.07, 6.45) is 3.32. The summed E-state index contributed by atoms with van der Waals surface area (Å²) in [4.78, 5) is 30.3. The highest BCUT2D eigenvalue weighted by Crippen LogP contribution is 2.41. The Kier molecular flexibility index (Phi) is 6.96. The highest BCUT2D eigenvalue weighted by Gasteiger charge is 2.38. The van der Waals surface area contributed by atoms with Gasteiger partial charge < -0.3 is 16.0 Å². The summed E-state index contributed by atoms with van der Waals surface area (Å²) in [5.41, 5.74) is 6.66. The lowest BCUT2D eigenvalue weighted by molar-refractivity contribution is -0.131. The molecule has 1 saturated carbocycles. The van der Waals surface area contributed by atoms with Gasteiger partial charge in [0.05, 0.1) is 11.6 Å². The monoisotopic (exact) mass is 520 g/mol. The topological polar surface area (TPSA) is 147 Å². The first-order valence-corrected chi connectivity index (χ1v) is 12.7. The maximum absolute atomic E-state index is 15.0. The summed E-state index contributed by atoms with van der Waals surface area (Å²) in [5.74, 6) is -4.01. The summed E-state index contributed by atoms with van der Waals surface area (Å²) < 4.78 is 57.1. The molecule has 0 saturated heterocycles. The van der Waals surface area contributed by atoms with Gasteiger partial charge in [-0.1, -0.05) is 12.1 Å². The van der Waals surface area contributed by atoms with E-state index in [0.717, 1.165) is 25.5 Å². The first kappa shape index (κ1) is 25.5. The molecule has 0 radical (unpaired) electrons. The Bertz CT molecular complexity index is 1350. The Labute approximate surface area is 207 Å². The van der Waals surface area contributed by atoms with Crippen molar-refractivity contribution in [2.45, 2.75) is 31.3 Å². The number of nitrogens with zero attached hydrogens (tertiary/aromatic N) is 2. The van der Waals surface area contributed by atoms with Gasteiger partial charge >= 0.3 is 0 Å². The number of primary amides is 1. The van der Waals surface area contributed by atoms with Crippen LogP contribution >= 0.6 is 0 Å². The van der Waals surface area contributed by atoms with E-state index in [2.05, 4.69) is 10.3 Å². The fourth-order valence-corrected chi connectivity index (χ4v) is 4.58. The molecule has 5 N–H and O–H groups in total. The largest absolute Gasteiger partial charge is 0.369 e. The summed E-state index contributed by atoms with van der Waals surface area (Å²) in [6, 6.07) is 6.11. The predicted molar refractivity (Wildman–Crippen MR) is 129 cm³/mol. The van der Waals surface area contributed by atoms with E-state index in [9.17, 15) is 26.8 Å². The van der Waals surface area contributed by atoms with E-state index < -0.39 is 51.6 Å². The van der Waals surface area contributed by atoms with Gasteiger partial charge in [-0.3, -0.25) is 14.3 Å². The lowest BCUT2D eigenvalue weighted by atomic mass is 9.91. The molecule has 0 bridgehead atoms. The van der Waals surface area contributed by atoms with Crippen LogP contribution in [-0.4, -0.2) is 50.4 Å². The number of nitrogens with one attached hydrogen (secondary N) is 3. The van der Waals surface area contributed by atoms with Crippen LogP contribution in [0.4, 0.5) is 20.3 Å². The highest BCUT2D eigenvalue weighted by molar-refractivity contribution is 7.90. The van der Waals surface area contributed by atoms with Crippen molar-refractivity contribution in [2.75, 3.05) is 24.1 Å². The molecule has 2 atom stereocenters.